The van der Waals surface area contributed by atoms with Crippen LogP contribution < -0.4 is 20.1 Å². The van der Waals surface area contributed by atoms with E-state index in [2.05, 4.69) is 34.1 Å². The number of hydrogen-bond acceptors (Lipinski definition) is 5. The second-order valence-electron chi connectivity index (χ2n) is 10.2. The maximum atomic E-state index is 12.7. The summed E-state index contributed by atoms with van der Waals surface area (Å²) >= 11 is 1.79. The second kappa shape index (κ2) is 20.5. The quantitative estimate of drug-likeness (QED) is 0.151. The van der Waals surface area contributed by atoms with Gasteiger partial charge in [0.15, 0.2) is 11.5 Å². The Morgan fingerprint density at radius 1 is 0.875 bits per heavy atom. The first-order valence-corrected chi connectivity index (χ1v) is 15.7. The Kier molecular flexibility index (Phi) is 17.4. The smallest absolute Gasteiger partial charge is 0.323 e. The molecule has 0 saturated heterocycles. The first-order valence-electron chi connectivity index (χ1n) is 14.7. The molecule has 1 aliphatic rings. The maximum Gasteiger partial charge on any atom is 0.323 e. The van der Waals surface area contributed by atoms with Crippen LogP contribution in [0.4, 0.5) is 16.2 Å². The van der Waals surface area contributed by atoms with E-state index < -0.39 is 0 Å². The van der Waals surface area contributed by atoms with Crippen LogP contribution in [-0.2, 0) is 6.54 Å². The van der Waals surface area contributed by atoms with Gasteiger partial charge in [-0.3, -0.25) is 0 Å². The lowest BCUT2D eigenvalue weighted by Crippen LogP contribution is -2.20. The van der Waals surface area contributed by atoms with Gasteiger partial charge in [0, 0.05) is 18.4 Å². The van der Waals surface area contributed by atoms with Gasteiger partial charge in [0.25, 0.3) is 0 Å². The molecule has 2 aromatic carbocycles. The number of benzene rings is 2. The molecule has 0 fully saturated rings. The summed E-state index contributed by atoms with van der Waals surface area (Å²) in [6, 6.07) is 13.2. The van der Waals surface area contributed by atoms with Crippen LogP contribution in [0.25, 0.3) is 0 Å². The van der Waals surface area contributed by atoms with E-state index in [1.807, 2.05) is 42.5 Å². The number of urea groups is 1. The van der Waals surface area contributed by atoms with Crippen LogP contribution >= 0.6 is 28.7 Å². The SMILES string of the molecule is Br.CCCCCCCCCCCCCCOc1c(NC(=O)Nc2ccc(CN3C=CSC3)cc2)cccc1OC. The highest BCUT2D eigenvalue weighted by molar-refractivity contribution is 8.93. The number of anilines is 2. The lowest BCUT2D eigenvalue weighted by atomic mass is 10.1. The molecule has 8 heteroatoms. The van der Waals surface area contributed by atoms with E-state index in [-0.39, 0.29) is 23.0 Å². The summed E-state index contributed by atoms with van der Waals surface area (Å²) in [6.45, 7) is 3.73. The van der Waals surface area contributed by atoms with Crippen molar-refractivity contribution in [1.82, 2.24) is 4.90 Å². The Morgan fingerprint density at radius 3 is 2.12 bits per heavy atom. The number of hydrogen-bond donors (Lipinski definition) is 2. The number of rotatable bonds is 19. The van der Waals surface area contributed by atoms with Crippen LogP contribution in [0.15, 0.2) is 54.1 Å². The Labute approximate surface area is 256 Å². The molecule has 0 bridgehead atoms. The maximum absolute atomic E-state index is 12.7. The molecular formula is C32H48BrN3O3S. The summed E-state index contributed by atoms with van der Waals surface area (Å²) in [6.07, 6.45) is 17.7. The summed E-state index contributed by atoms with van der Waals surface area (Å²) in [4.78, 5) is 15.0. The fourth-order valence-corrected chi connectivity index (χ4v) is 5.38. The van der Waals surface area contributed by atoms with Crippen molar-refractivity contribution in [3.8, 4) is 11.5 Å². The highest BCUT2D eigenvalue weighted by Gasteiger charge is 2.14. The summed E-state index contributed by atoms with van der Waals surface area (Å²) in [5, 5.41) is 7.95. The standard InChI is InChI=1S/C32H47N3O3S.BrH/c1-3-4-5-6-7-8-9-10-11-12-13-14-23-38-31-29(16-15-17-30(31)37-2)34-32(36)33-28-20-18-27(19-21-28)25-35-22-24-39-26-35;/h15-22,24H,3-14,23,25-26H2,1-2H3,(H2,33,34,36);1H. The Hall–Kier alpha value is -2.32. The number of thioether (sulfide) groups is 1. The predicted molar refractivity (Wildman–Crippen MR) is 176 cm³/mol. The molecule has 0 radical (unpaired) electrons. The normalized spacial score (nSPS) is 12.2. The summed E-state index contributed by atoms with van der Waals surface area (Å²) in [7, 11) is 1.62. The molecule has 0 unspecified atom stereocenters. The molecule has 3 rings (SSSR count). The number of methoxy groups -OCH3 is 1. The number of amides is 2. The molecule has 0 aromatic heterocycles. The average Bonchev–Trinajstić information content (AvgIpc) is 3.46. The predicted octanol–water partition coefficient (Wildman–Crippen LogP) is 9.97. The number of nitrogens with one attached hydrogen (secondary N) is 2. The van der Waals surface area contributed by atoms with Gasteiger partial charge >= 0.3 is 6.03 Å². The first-order chi connectivity index (χ1) is 19.2. The van der Waals surface area contributed by atoms with Crippen molar-refractivity contribution in [1.29, 1.82) is 0 Å². The number of para-hydroxylation sites is 1. The first kappa shape index (κ1) is 33.9. The van der Waals surface area contributed by atoms with Crippen molar-refractivity contribution in [2.45, 2.75) is 90.5 Å². The molecule has 2 amide bonds. The zero-order valence-corrected chi connectivity index (χ0v) is 26.8. The van der Waals surface area contributed by atoms with Crippen molar-refractivity contribution in [2.75, 3.05) is 30.2 Å². The molecule has 0 saturated carbocycles. The number of carbonyl (C=O) groups excluding carboxylic acids is 1. The van der Waals surface area contributed by atoms with Crippen molar-refractivity contribution >= 4 is 46.1 Å². The van der Waals surface area contributed by atoms with Crippen molar-refractivity contribution in [3.05, 3.63) is 59.6 Å². The fraction of sp³-hybridized carbons (Fsp3) is 0.531. The number of carbonyl (C=O) groups is 1. The van der Waals surface area contributed by atoms with E-state index in [0.717, 1.165) is 31.0 Å². The van der Waals surface area contributed by atoms with E-state index in [1.165, 1.54) is 69.8 Å². The number of halogens is 1. The van der Waals surface area contributed by atoms with Crippen LogP contribution in [0, 0.1) is 0 Å². The van der Waals surface area contributed by atoms with Crippen LogP contribution in [0.2, 0.25) is 0 Å². The summed E-state index contributed by atoms with van der Waals surface area (Å²) < 4.78 is 11.6. The molecule has 1 heterocycles. The molecule has 6 nitrogen and oxygen atoms in total. The lowest BCUT2D eigenvalue weighted by molar-refractivity contribution is 0.261. The van der Waals surface area contributed by atoms with E-state index >= 15 is 0 Å². The summed E-state index contributed by atoms with van der Waals surface area (Å²) in [5.74, 6) is 2.17. The van der Waals surface area contributed by atoms with Gasteiger partial charge in [-0.1, -0.05) is 95.8 Å². The largest absolute Gasteiger partial charge is 0.493 e. The highest BCUT2D eigenvalue weighted by atomic mass is 79.9. The molecule has 0 atom stereocenters. The topological polar surface area (TPSA) is 62.8 Å². The Bertz CT molecular complexity index is 1000. The number of nitrogens with zero attached hydrogens (tertiary/aromatic N) is 1. The third-order valence-corrected chi connectivity index (χ3v) is 7.69. The Balaban J connectivity index is 0.00000560. The average molecular weight is 635 g/mol. The van der Waals surface area contributed by atoms with Gasteiger partial charge in [0.1, 0.15) is 0 Å². The van der Waals surface area contributed by atoms with E-state index in [9.17, 15) is 4.79 Å². The molecular weight excluding hydrogens is 586 g/mol. The highest BCUT2D eigenvalue weighted by Crippen LogP contribution is 2.35. The minimum absolute atomic E-state index is 0. The second-order valence-corrected chi connectivity index (χ2v) is 11.0. The minimum atomic E-state index is -0.315. The third-order valence-electron chi connectivity index (χ3n) is 6.90. The van der Waals surface area contributed by atoms with Gasteiger partial charge in [-0.05, 0) is 41.7 Å². The van der Waals surface area contributed by atoms with Gasteiger partial charge in [-0.2, -0.15) is 0 Å². The van der Waals surface area contributed by atoms with Gasteiger partial charge in [0.2, 0.25) is 0 Å². The lowest BCUT2D eigenvalue weighted by Gasteiger charge is -2.16. The van der Waals surface area contributed by atoms with Crippen LogP contribution in [0.5, 0.6) is 11.5 Å². The molecule has 1 aliphatic heterocycles. The van der Waals surface area contributed by atoms with Crippen molar-refractivity contribution in [3.63, 3.8) is 0 Å². The van der Waals surface area contributed by atoms with Crippen LogP contribution in [-0.4, -0.2) is 30.5 Å². The number of unbranched alkanes of at least 4 members (excludes halogenated alkanes) is 11. The Morgan fingerprint density at radius 2 is 1.52 bits per heavy atom. The molecule has 0 aliphatic carbocycles. The molecule has 2 aromatic rings. The molecule has 0 spiro atoms. The van der Waals surface area contributed by atoms with E-state index in [4.69, 9.17) is 9.47 Å². The molecule has 40 heavy (non-hydrogen) atoms. The number of ether oxygens (including phenoxy) is 2. The van der Waals surface area contributed by atoms with Crippen LogP contribution in [0.1, 0.15) is 89.5 Å². The van der Waals surface area contributed by atoms with Crippen LogP contribution in [0.3, 0.4) is 0 Å². The monoisotopic (exact) mass is 633 g/mol. The molecule has 2 N–H and O–H groups in total. The zero-order valence-electron chi connectivity index (χ0n) is 24.3. The van der Waals surface area contributed by atoms with Crippen molar-refractivity contribution in [2.24, 2.45) is 0 Å². The van der Waals surface area contributed by atoms with Gasteiger partial charge in [0.05, 0.1) is 25.3 Å². The van der Waals surface area contributed by atoms with Gasteiger partial charge in [-0.25, -0.2) is 4.79 Å². The van der Waals surface area contributed by atoms with Gasteiger partial charge < -0.3 is 25.0 Å². The minimum Gasteiger partial charge on any atom is -0.493 e. The molecule has 222 valence electrons. The van der Waals surface area contributed by atoms with E-state index in [0.29, 0.717) is 23.8 Å². The fourth-order valence-electron chi connectivity index (χ4n) is 4.66. The third kappa shape index (κ3) is 12.9. The van der Waals surface area contributed by atoms with E-state index in [1.54, 1.807) is 18.9 Å². The van der Waals surface area contributed by atoms with Crippen molar-refractivity contribution < 1.29 is 14.3 Å². The van der Waals surface area contributed by atoms with Gasteiger partial charge in [-0.15, -0.1) is 28.7 Å². The summed E-state index contributed by atoms with van der Waals surface area (Å²) in [5.41, 5.74) is 2.54. The zero-order chi connectivity index (χ0) is 27.5.